The highest BCUT2D eigenvalue weighted by Crippen LogP contribution is 2.38. The van der Waals surface area contributed by atoms with E-state index in [1.807, 2.05) is 6.55 Å². The number of rotatable bonds is 1. The number of alkyl halides is 2. The van der Waals surface area contributed by atoms with E-state index in [-0.39, 0.29) is 11.5 Å². The number of halogens is 2. The maximum absolute atomic E-state index is 12.6. The predicted molar refractivity (Wildman–Crippen MR) is 46.7 cm³/mol. The van der Waals surface area contributed by atoms with E-state index in [2.05, 4.69) is 9.47 Å². The van der Waals surface area contributed by atoms with E-state index in [9.17, 15) is 8.78 Å². The van der Waals surface area contributed by atoms with Crippen molar-refractivity contribution in [1.29, 1.82) is 0 Å². The Bertz CT molecular complexity index is 341. The van der Waals surface area contributed by atoms with Crippen LogP contribution in [0.3, 0.4) is 0 Å². The number of benzene rings is 1. The van der Waals surface area contributed by atoms with Crippen LogP contribution in [0.2, 0.25) is 6.55 Å². The van der Waals surface area contributed by atoms with E-state index in [0.717, 1.165) is 5.19 Å². The van der Waals surface area contributed by atoms with E-state index in [1.165, 1.54) is 6.07 Å². The zero-order valence-corrected chi connectivity index (χ0v) is 8.43. The number of fused-ring (bicyclic) bond motifs is 1. The second-order valence-electron chi connectivity index (χ2n) is 2.77. The SMILES string of the molecule is C[SiH2]c1cccc2c1OC(F)(F)O2. The molecule has 2 nitrogen and oxygen atoms in total. The van der Waals surface area contributed by atoms with E-state index >= 15 is 0 Å². The van der Waals surface area contributed by atoms with Crippen LogP contribution in [-0.4, -0.2) is 15.8 Å². The molecule has 0 saturated heterocycles. The van der Waals surface area contributed by atoms with Crippen LogP contribution >= 0.6 is 0 Å². The number of hydrogen-bond donors (Lipinski definition) is 0. The lowest BCUT2D eigenvalue weighted by molar-refractivity contribution is -0.286. The molecule has 0 N–H and O–H groups in total. The maximum Gasteiger partial charge on any atom is 0.586 e. The van der Waals surface area contributed by atoms with Crippen molar-refractivity contribution in [3.8, 4) is 11.5 Å². The summed E-state index contributed by atoms with van der Waals surface area (Å²) in [7, 11) is -0.517. The van der Waals surface area contributed by atoms with Crippen LogP contribution < -0.4 is 14.7 Å². The summed E-state index contributed by atoms with van der Waals surface area (Å²) in [5.74, 6) is 0.374. The van der Waals surface area contributed by atoms with Crippen molar-refractivity contribution in [2.45, 2.75) is 12.8 Å². The highest BCUT2D eigenvalue weighted by molar-refractivity contribution is 6.53. The van der Waals surface area contributed by atoms with Gasteiger partial charge in [-0.05, 0) is 11.3 Å². The van der Waals surface area contributed by atoms with Gasteiger partial charge >= 0.3 is 6.29 Å². The van der Waals surface area contributed by atoms with Crippen LogP contribution in [0.4, 0.5) is 8.78 Å². The maximum atomic E-state index is 12.6. The lowest BCUT2D eigenvalue weighted by Crippen LogP contribution is -2.27. The van der Waals surface area contributed by atoms with Crippen LogP contribution in [0.1, 0.15) is 0 Å². The Morgan fingerprint density at radius 1 is 1.31 bits per heavy atom. The first kappa shape index (κ1) is 8.49. The van der Waals surface area contributed by atoms with Crippen molar-refractivity contribution < 1.29 is 18.3 Å². The molecule has 2 rings (SSSR count). The normalized spacial score (nSPS) is 18.4. The molecule has 5 heteroatoms. The minimum absolute atomic E-state index is 0.150. The third kappa shape index (κ3) is 1.39. The molecule has 0 amide bonds. The van der Waals surface area contributed by atoms with Crippen LogP contribution in [0.5, 0.6) is 11.5 Å². The fourth-order valence-corrected chi connectivity index (χ4v) is 2.24. The van der Waals surface area contributed by atoms with E-state index in [1.54, 1.807) is 12.1 Å². The molecule has 1 aliphatic heterocycles. The van der Waals surface area contributed by atoms with E-state index in [4.69, 9.17) is 0 Å². The summed E-state index contributed by atoms with van der Waals surface area (Å²) in [4.78, 5) is 0. The van der Waals surface area contributed by atoms with Crippen molar-refractivity contribution in [3.05, 3.63) is 18.2 Å². The molecular formula is C8H8F2O2Si. The van der Waals surface area contributed by atoms with Crippen LogP contribution in [-0.2, 0) is 0 Å². The Morgan fingerprint density at radius 3 is 2.77 bits per heavy atom. The zero-order chi connectivity index (χ0) is 9.47. The average molecular weight is 202 g/mol. The first-order chi connectivity index (χ1) is 6.12. The Kier molecular flexibility index (Phi) is 1.76. The third-order valence-electron chi connectivity index (χ3n) is 1.89. The van der Waals surface area contributed by atoms with Gasteiger partial charge in [-0.3, -0.25) is 0 Å². The lowest BCUT2D eigenvalue weighted by atomic mass is 10.3. The summed E-state index contributed by atoms with van der Waals surface area (Å²) in [6.45, 7) is 2.01. The fourth-order valence-electron chi connectivity index (χ4n) is 1.30. The number of para-hydroxylation sites is 1. The van der Waals surface area contributed by atoms with Crippen LogP contribution in [0.25, 0.3) is 0 Å². The molecule has 0 fully saturated rings. The summed E-state index contributed by atoms with van der Waals surface area (Å²) < 4.78 is 33.9. The zero-order valence-electron chi connectivity index (χ0n) is 7.01. The third-order valence-corrected chi connectivity index (χ3v) is 3.21. The van der Waals surface area contributed by atoms with Gasteiger partial charge < -0.3 is 9.47 Å². The Morgan fingerprint density at radius 2 is 2.08 bits per heavy atom. The van der Waals surface area contributed by atoms with Gasteiger partial charge in [-0.25, -0.2) is 0 Å². The van der Waals surface area contributed by atoms with Gasteiger partial charge in [0.15, 0.2) is 11.5 Å². The van der Waals surface area contributed by atoms with Crippen molar-refractivity contribution in [3.63, 3.8) is 0 Å². The molecule has 0 saturated carbocycles. The standard InChI is InChI=1S/C8H8F2O2Si/c1-13-6-4-2-3-5-7(6)12-8(9,10)11-5/h2-4H,13H2,1H3. The Hall–Kier alpha value is -1.10. The molecule has 0 bridgehead atoms. The molecule has 0 aliphatic carbocycles. The van der Waals surface area contributed by atoms with Crippen molar-refractivity contribution in [1.82, 2.24) is 0 Å². The molecule has 0 atom stereocenters. The van der Waals surface area contributed by atoms with Gasteiger partial charge in [-0.2, -0.15) is 0 Å². The van der Waals surface area contributed by atoms with Crippen molar-refractivity contribution >= 4 is 14.7 Å². The van der Waals surface area contributed by atoms with Crippen LogP contribution in [0, 0.1) is 0 Å². The fraction of sp³-hybridized carbons (Fsp3) is 0.250. The minimum atomic E-state index is -3.48. The summed E-state index contributed by atoms with van der Waals surface area (Å²) in [6.07, 6.45) is -3.48. The predicted octanol–water partition coefficient (Wildman–Crippen LogP) is 0.850. The molecule has 0 aromatic heterocycles. The molecule has 0 unspecified atom stereocenters. The summed E-state index contributed by atoms with van der Waals surface area (Å²) in [5.41, 5.74) is 0. The van der Waals surface area contributed by atoms with Crippen molar-refractivity contribution in [2.24, 2.45) is 0 Å². The Balaban J connectivity index is 2.45. The summed E-state index contributed by atoms with van der Waals surface area (Å²) in [6, 6.07) is 5.00. The minimum Gasteiger partial charge on any atom is -0.395 e. The topological polar surface area (TPSA) is 18.5 Å². The first-order valence-electron chi connectivity index (χ1n) is 4.00. The second-order valence-corrected chi connectivity index (χ2v) is 4.23. The molecule has 1 aliphatic rings. The van der Waals surface area contributed by atoms with Gasteiger partial charge in [0.2, 0.25) is 0 Å². The molecule has 1 aromatic rings. The van der Waals surface area contributed by atoms with E-state index < -0.39 is 15.8 Å². The summed E-state index contributed by atoms with van der Waals surface area (Å²) in [5, 5.41) is 0.870. The highest BCUT2D eigenvalue weighted by Gasteiger charge is 2.44. The van der Waals surface area contributed by atoms with E-state index in [0.29, 0.717) is 0 Å². The van der Waals surface area contributed by atoms with Gasteiger partial charge in [-0.15, -0.1) is 8.78 Å². The molecule has 70 valence electrons. The lowest BCUT2D eigenvalue weighted by Gasteiger charge is -2.05. The molecule has 0 spiro atoms. The van der Waals surface area contributed by atoms with Gasteiger partial charge in [-0.1, -0.05) is 18.7 Å². The number of hydrogen-bond acceptors (Lipinski definition) is 2. The molecule has 13 heavy (non-hydrogen) atoms. The molecule has 0 radical (unpaired) electrons. The average Bonchev–Trinajstić information content (AvgIpc) is 2.37. The number of ether oxygens (including phenoxy) is 2. The molecule has 1 heterocycles. The highest BCUT2D eigenvalue weighted by atomic mass is 28.2. The van der Waals surface area contributed by atoms with Gasteiger partial charge in [0, 0.05) is 0 Å². The summed E-state index contributed by atoms with van der Waals surface area (Å²) >= 11 is 0. The smallest absolute Gasteiger partial charge is 0.395 e. The Labute approximate surface area is 76.3 Å². The largest absolute Gasteiger partial charge is 0.586 e. The van der Waals surface area contributed by atoms with Gasteiger partial charge in [0.1, 0.15) is 0 Å². The molecular weight excluding hydrogens is 194 g/mol. The molecule has 1 aromatic carbocycles. The second kappa shape index (κ2) is 2.70. The van der Waals surface area contributed by atoms with Crippen LogP contribution in [0.15, 0.2) is 18.2 Å². The van der Waals surface area contributed by atoms with Gasteiger partial charge in [0.05, 0.1) is 9.52 Å². The van der Waals surface area contributed by atoms with Crippen molar-refractivity contribution in [2.75, 3.05) is 0 Å². The first-order valence-corrected chi connectivity index (χ1v) is 6.12. The quantitative estimate of drug-likeness (QED) is 0.629. The van der Waals surface area contributed by atoms with Gasteiger partial charge in [0.25, 0.3) is 0 Å². The monoisotopic (exact) mass is 202 g/mol.